The Morgan fingerprint density at radius 2 is 1.74 bits per heavy atom. The van der Waals surface area contributed by atoms with Gasteiger partial charge in [0, 0.05) is 18.3 Å². The number of aromatic nitrogens is 2. The standard InChI is InChI=1S/C20H34N6O5/c1-5-12(4)17(26-16(27)8-21)19(29)24-14(6-11(2)3)18(28)25-15(20(30)31)7-13-9-22-10-23-13/h9-12,14-15,17H,5-8,21H2,1-4H3,(H,22,23)(H,24,29)(H,25,28)(H,26,27)(H,30,31). The topological polar surface area (TPSA) is 179 Å². The fraction of sp³-hybridized carbons (Fsp3) is 0.650. The van der Waals surface area contributed by atoms with Crippen LogP contribution in [-0.2, 0) is 25.6 Å². The van der Waals surface area contributed by atoms with E-state index in [2.05, 4.69) is 25.9 Å². The predicted octanol–water partition coefficient (Wildman–Crippen LogP) is -0.458. The Balaban J connectivity index is 2.95. The van der Waals surface area contributed by atoms with Crippen molar-refractivity contribution in [3.8, 4) is 0 Å². The van der Waals surface area contributed by atoms with Gasteiger partial charge < -0.3 is 31.8 Å². The number of nitrogens with one attached hydrogen (secondary N) is 4. The molecule has 0 bridgehead atoms. The molecule has 0 aromatic carbocycles. The van der Waals surface area contributed by atoms with Crippen molar-refractivity contribution in [2.24, 2.45) is 17.6 Å². The van der Waals surface area contributed by atoms with Crippen LogP contribution in [0.2, 0.25) is 0 Å². The van der Waals surface area contributed by atoms with E-state index in [4.69, 9.17) is 5.73 Å². The number of nitrogens with two attached hydrogens (primary N) is 1. The molecule has 0 radical (unpaired) electrons. The Labute approximate surface area is 181 Å². The van der Waals surface area contributed by atoms with E-state index in [1.54, 1.807) is 0 Å². The number of aromatic amines is 1. The molecule has 1 aromatic rings. The molecule has 3 amide bonds. The van der Waals surface area contributed by atoms with E-state index in [-0.39, 0.29) is 24.8 Å². The molecule has 4 unspecified atom stereocenters. The second kappa shape index (κ2) is 12.7. The van der Waals surface area contributed by atoms with Crippen LogP contribution in [0.3, 0.4) is 0 Å². The first-order valence-corrected chi connectivity index (χ1v) is 10.4. The zero-order valence-corrected chi connectivity index (χ0v) is 18.5. The smallest absolute Gasteiger partial charge is 0.326 e. The summed E-state index contributed by atoms with van der Waals surface area (Å²) < 4.78 is 0. The van der Waals surface area contributed by atoms with Gasteiger partial charge in [0.15, 0.2) is 0 Å². The molecule has 4 atom stereocenters. The fourth-order valence-corrected chi connectivity index (χ4v) is 2.99. The molecular weight excluding hydrogens is 404 g/mol. The molecule has 1 aromatic heterocycles. The fourth-order valence-electron chi connectivity index (χ4n) is 2.99. The zero-order valence-electron chi connectivity index (χ0n) is 18.5. The molecule has 7 N–H and O–H groups in total. The minimum Gasteiger partial charge on any atom is -0.480 e. The van der Waals surface area contributed by atoms with Gasteiger partial charge in [0.2, 0.25) is 17.7 Å². The number of nitrogens with zero attached hydrogens (tertiary/aromatic N) is 1. The van der Waals surface area contributed by atoms with Crippen molar-refractivity contribution in [3.63, 3.8) is 0 Å². The highest BCUT2D eigenvalue weighted by Gasteiger charge is 2.31. The number of imidazole rings is 1. The normalized spacial score (nSPS) is 14.9. The van der Waals surface area contributed by atoms with Gasteiger partial charge in [-0.2, -0.15) is 0 Å². The highest BCUT2D eigenvalue weighted by molar-refractivity contribution is 5.93. The molecule has 1 heterocycles. The summed E-state index contributed by atoms with van der Waals surface area (Å²) in [7, 11) is 0. The predicted molar refractivity (Wildman–Crippen MR) is 114 cm³/mol. The lowest BCUT2D eigenvalue weighted by molar-refractivity contribution is -0.142. The number of aliphatic carboxylic acids is 1. The summed E-state index contributed by atoms with van der Waals surface area (Å²) in [4.78, 5) is 55.8. The Bertz CT molecular complexity index is 736. The van der Waals surface area contributed by atoms with Gasteiger partial charge in [-0.3, -0.25) is 14.4 Å². The van der Waals surface area contributed by atoms with E-state index in [0.29, 0.717) is 18.5 Å². The summed E-state index contributed by atoms with van der Waals surface area (Å²) in [5, 5.41) is 17.2. The lowest BCUT2D eigenvalue weighted by Gasteiger charge is -2.27. The molecule has 0 fully saturated rings. The first-order valence-electron chi connectivity index (χ1n) is 10.4. The molecule has 0 aliphatic rings. The van der Waals surface area contributed by atoms with E-state index in [0.717, 1.165) is 0 Å². The summed E-state index contributed by atoms with van der Waals surface area (Å²) in [5.41, 5.74) is 5.90. The minimum atomic E-state index is -1.20. The average molecular weight is 439 g/mol. The van der Waals surface area contributed by atoms with Gasteiger partial charge in [0.05, 0.1) is 12.9 Å². The van der Waals surface area contributed by atoms with Crippen molar-refractivity contribution in [1.29, 1.82) is 0 Å². The van der Waals surface area contributed by atoms with Gasteiger partial charge in [0.1, 0.15) is 18.1 Å². The largest absolute Gasteiger partial charge is 0.480 e. The van der Waals surface area contributed by atoms with Crippen LogP contribution in [0.5, 0.6) is 0 Å². The third kappa shape index (κ3) is 8.75. The lowest BCUT2D eigenvalue weighted by Crippen LogP contribution is -2.58. The SMILES string of the molecule is CCC(C)C(NC(=O)CN)C(=O)NC(CC(C)C)C(=O)NC(Cc1cnc[nH]1)C(=O)O. The Hall–Kier alpha value is -2.95. The van der Waals surface area contributed by atoms with Crippen molar-refractivity contribution < 1.29 is 24.3 Å². The number of rotatable bonds is 13. The molecule has 11 nitrogen and oxygen atoms in total. The van der Waals surface area contributed by atoms with Crippen molar-refractivity contribution in [2.45, 2.75) is 65.1 Å². The summed E-state index contributed by atoms with van der Waals surface area (Å²) in [6, 6.07) is -3.01. The van der Waals surface area contributed by atoms with Crippen LogP contribution in [0.25, 0.3) is 0 Å². The highest BCUT2D eigenvalue weighted by Crippen LogP contribution is 2.11. The third-order valence-electron chi connectivity index (χ3n) is 4.93. The molecule has 31 heavy (non-hydrogen) atoms. The molecule has 0 saturated carbocycles. The number of carboxylic acid groups (broad SMARTS) is 1. The molecule has 1 rings (SSSR count). The van der Waals surface area contributed by atoms with Crippen molar-refractivity contribution in [2.75, 3.05) is 6.54 Å². The van der Waals surface area contributed by atoms with Gasteiger partial charge in [-0.15, -0.1) is 0 Å². The van der Waals surface area contributed by atoms with Crippen LogP contribution in [0.4, 0.5) is 0 Å². The first kappa shape index (κ1) is 26.1. The van der Waals surface area contributed by atoms with Crippen LogP contribution >= 0.6 is 0 Å². The van der Waals surface area contributed by atoms with E-state index in [1.807, 2.05) is 27.7 Å². The third-order valence-corrected chi connectivity index (χ3v) is 4.93. The second-order valence-corrected chi connectivity index (χ2v) is 8.01. The minimum absolute atomic E-state index is 0.0193. The number of H-pyrrole nitrogens is 1. The molecule has 0 spiro atoms. The molecule has 0 aliphatic carbocycles. The number of carbonyl (C=O) groups excluding carboxylic acids is 3. The van der Waals surface area contributed by atoms with Gasteiger partial charge in [-0.25, -0.2) is 9.78 Å². The Morgan fingerprint density at radius 1 is 1.10 bits per heavy atom. The van der Waals surface area contributed by atoms with Crippen LogP contribution < -0.4 is 21.7 Å². The van der Waals surface area contributed by atoms with Gasteiger partial charge in [-0.05, 0) is 18.3 Å². The zero-order chi connectivity index (χ0) is 23.6. The second-order valence-electron chi connectivity index (χ2n) is 8.01. The lowest BCUT2D eigenvalue weighted by atomic mass is 9.96. The first-order chi connectivity index (χ1) is 14.6. The maximum atomic E-state index is 12.9. The maximum absolute atomic E-state index is 12.9. The van der Waals surface area contributed by atoms with Crippen LogP contribution in [0, 0.1) is 11.8 Å². The summed E-state index contributed by atoms with van der Waals surface area (Å²) in [6.07, 6.45) is 3.83. The maximum Gasteiger partial charge on any atom is 0.326 e. The van der Waals surface area contributed by atoms with Crippen LogP contribution in [0.15, 0.2) is 12.5 Å². The van der Waals surface area contributed by atoms with Crippen molar-refractivity contribution >= 4 is 23.7 Å². The Kier molecular flexibility index (Phi) is 10.7. The van der Waals surface area contributed by atoms with Gasteiger partial charge in [0.25, 0.3) is 0 Å². The van der Waals surface area contributed by atoms with Gasteiger partial charge in [-0.1, -0.05) is 34.1 Å². The molecule has 11 heteroatoms. The molecule has 0 aliphatic heterocycles. The van der Waals surface area contributed by atoms with Crippen molar-refractivity contribution in [1.82, 2.24) is 25.9 Å². The summed E-state index contributed by atoms with van der Waals surface area (Å²) in [6.45, 7) is 7.19. The van der Waals surface area contributed by atoms with E-state index < -0.39 is 41.8 Å². The van der Waals surface area contributed by atoms with E-state index in [9.17, 15) is 24.3 Å². The van der Waals surface area contributed by atoms with E-state index in [1.165, 1.54) is 12.5 Å². The molecule has 174 valence electrons. The quantitative estimate of drug-likeness (QED) is 0.241. The van der Waals surface area contributed by atoms with E-state index >= 15 is 0 Å². The molecular formula is C20H34N6O5. The molecule has 0 saturated heterocycles. The number of carboxylic acids is 1. The van der Waals surface area contributed by atoms with Crippen LogP contribution in [0.1, 0.15) is 46.2 Å². The average Bonchev–Trinajstić information content (AvgIpc) is 3.22. The number of amides is 3. The highest BCUT2D eigenvalue weighted by atomic mass is 16.4. The van der Waals surface area contributed by atoms with Crippen LogP contribution in [-0.4, -0.2) is 63.4 Å². The monoisotopic (exact) mass is 438 g/mol. The summed E-state index contributed by atoms with van der Waals surface area (Å²) in [5.74, 6) is -2.95. The summed E-state index contributed by atoms with van der Waals surface area (Å²) >= 11 is 0. The number of carbonyl (C=O) groups is 4. The van der Waals surface area contributed by atoms with Crippen molar-refractivity contribution in [3.05, 3.63) is 18.2 Å². The van der Waals surface area contributed by atoms with Gasteiger partial charge >= 0.3 is 5.97 Å². The number of hydrogen-bond acceptors (Lipinski definition) is 6. The Morgan fingerprint density at radius 3 is 2.23 bits per heavy atom. The number of hydrogen-bond donors (Lipinski definition) is 6.